The number of hydrogen-bond donors (Lipinski definition) is 1. The predicted octanol–water partition coefficient (Wildman–Crippen LogP) is 4.78. The molecule has 1 saturated carbocycles. The zero-order valence-electron chi connectivity index (χ0n) is 18.5. The molecule has 0 saturated heterocycles. The van der Waals surface area contributed by atoms with Crippen LogP contribution >= 0.6 is 0 Å². The van der Waals surface area contributed by atoms with Gasteiger partial charge in [0, 0.05) is 24.8 Å². The molecule has 1 amide bonds. The molecule has 2 atom stereocenters. The van der Waals surface area contributed by atoms with Crippen molar-refractivity contribution in [1.82, 2.24) is 14.5 Å². The Labute approximate surface area is 180 Å². The first kappa shape index (κ1) is 21.1. The number of imidazole rings is 1. The van der Waals surface area contributed by atoms with Gasteiger partial charge in [0.2, 0.25) is 5.91 Å². The molecule has 5 nitrogen and oxygen atoms in total. The van der Waals surface area contributed by atoms with Crippen LogP contribution in [0.4, 0.5) is 0 Å². The molecule has 1 aliphatic carbocycles. The van der Waals surface area contributed by atoms with E-state index in [4.69, 9.17) is 10.7 Å². The second-order valence-electron chi connectivity index (χ2n) is 9.57. The Bertz CT molecular complexity index is 838. The molecule has 2 aliphatic rings. The molecule has 2 heterocycles. The molecule has 1 aromatic heterocycles. The number of nitrogens with two attached hydrogens (primary N) is 1. The summed E-state index contributed by atoms with van der Waals surface area (Å²) in [7, 11) is 0. The van der Waals surface area contributed by atoms with Gasteiger partial charge >= 0.3 is 0 Å². The summed E-state index contributed by atoms with van der Waals surface area (Å²) in [6, 6.07) is 9.95. The van der Waals surface area contributed by atoms with Gasteiger partial charge < -0.3 is 15.2 Å². The van der Waals surface area contributed by atoms with Gasteiger partial charge in [0.25, 0.3) is 0 Å². The summed E-state index contributed by atoms with van der Waals surface area (Å²) < 4.78 is 2.27. The van der Waals surface area contributed by atoms with Crippen molar-refractivity contribution in [2.45, 2.75) is 77.4 Å². The third-order valence-corrected chi connectivity index (χ3v) is 6.74. The van der Waals surface area contributed by atoms with Gasteiger partial charge in [-0.1, -0.05) is 76.3 Å². The van der Waals surface area contributed by atoms with Crippen LogP contribution < -0.4 is 5.73 Å². The molecule has 0 unspecified atom stereocenters. The van der Waals surface area contributed by atoms with Gasteiger partial charge in [-0.15, -0.1) is 0 Å². The smallest absolute Gasteiger partial charge is 0.240 e. The summed E-state index contributed by atoms with van der Waals surface area (Å²) in [5.74, 6) is 2.22. The van der Waals surface area contributed by atoms with Gasteiger partial charge in [-0.05, 0) is 24.7 Å². The highest BCUT2D eigenvalue weighted by atomic mass is 16.2. The lowest BCUT2D eigenvalue weighted by Gasteiger charge is -2.39. The van der Waals surface area contributed by atoms with Crippen molar-refractivity contribution in [2.75, 3.05) is 6.54 Å². The van der Waals surface area contributed by atoms with Crippen LogP contribution in [-0.4, -0.2) is 32.9 Å². The van der Waals surface area contributed by atoms with Crippen molar-refractivity contribution in [2.24, 2.45) is 17.6 Å². The van der Waals surface area contributed by atoms with Gasteiger partial charge in [0.15, 0.2) is 0 Å². The molecule has 1 aliphatic heterocycles. The largest absolute Gasteiger partial charge is 0.331 e. The Morgan fingerprint density at radius 1 is 1.13 bits per heavy atom. The highest BCUT2D eigenvalue weighted by Crippen LogP contribution is 2.38. The van der Waals surface area contributed by atoms with E-state index in [1.54, 1.807) is 0 Å². The van der Waals surface area contributed by atoms with E-state index in [9.17, 15) is 4.79 Å². The molecular weight excluding hydrogens is 372 g/mol. The van der Waals surface area contributed by atoms with E-state index in [-0.39, 0.29) is 11.9 Å². The standard InChI is InChI=1S/C25H36N4O/c1-18(2)15-21(26)25(30)29-14-13-28-17-22(20-11-7-4-8-12-20)27-24(28)23(29)16-19-9-5-3-6-10-19/h4,7-8,11-12,17-19,21,23H,3,5-6,9-10,13-16,26H2,1-2H3/t21-,23-/m0/s1. The van der Waals surface area contributed by atoms with Crippen molar-refractivity contribution in [1.29, 1.82) is 0 Å². The van der Waals surface area contributed by atoms with E-state index in [0.29, 0.717) is 11.8 Å². The second-order valence-corrected chi connectivity index (χ2v) is 9.57. The molecule has 1 aromatic carbocycles. The monoisotopic (exact) mass is 408 g/mol. The summed E-state index contributed by atoms with van der Waals surface area (Å²) in [6.45, 7) is 5.76. The summed E-state index contributed by atoms with van der Waals surface area (Å²) in [6.07, 6.45) is 10.4. The van der Waals surface area contributed by atoms with Crippen LogP contribution in [-0.2, 0) is 11.3 Å². The fourth-order valence-electron chi connectivity index (χ4n) is 5.19. The van der Waals surface area contributed by atoms with Gasteiger partial charge in [-0.3, -0.25) is 4.79 Å². The van der Waals surface area contributed by atoms with Crippen LogP contribution in [0.15, 0.2) is 36.5 Å². The minimum absolute atomic E-state index is 0.0324. The number of carbonyl (C=O) groups excluding carboxylic acids is 1. The second kappa shape index (κ2) is 9.34. The van der Waals surface area contributed by atoms with Crippen molar-refractivity contribution in [3.05, 3.63) is 42.4 Å². The van der Waals surface area contributed by atoms with Crippen LogP contribution in [0.2, 0.25) is 0 Å². The number of benzene rings is 1. The first-order valence-corrected chi connectivity index (χ1v) is 11.7. The van der Waals surface area contributed by atoms with Crippen LogP contribution in [0.5, 0.6) is 0 Å². The van der Waals surface area contributed by atoms with Gasteiger partial charge in [-0.2, -0.15) is 0 Å². The van der Waals surface area contributed by atoms with E-state index in [0.717, 1.165) is 43.0 Å². The molecule has 0 bridgehead atoms. The molecule has 2 N–H and O–H groups in total. The Morgan fingerprint density at radius 2 is 1.87 bits per heavy atom. The highest BCUT2D eigenvalue weighted by molar-refractivity contribution is 5.82. The Hall–Kier alpha value is -2.14. The van der Waals surface area contributed by atoms with Crippen molar-refractivity contribution in [3.8, 4) is 11.3 Å². The normalized spacial score (nSPS) is 20.9. The van der Waals surface area contributed by atoms with Gasteiger partial charge in [-0.25, -0.2) is 4.98 Å². The maximum atomic E-state index is 13.3. The molecule has 0 spiro atoms. The van der Waals surface area contributed by atoms with Crippen molar-refractivity contribution in [3.63, 3.8) is 0 Å². The maximum Gasteiger partial charge on any atom is 0.240 e. The van der Waals surface area contributed by atoms with Crippen LogP contribution in [0.3, 0.4) is 0 Å². The first-order chi connectivity index (χ1) is 14.5. The molecular formula is C25H36N4O. The fraction of sp³-hybridized carbons (Fsp3) is 0.600. The van der Waals surface area contributed by atoms with E-state index in [1.165, 1.54) is 32.1 Å². The van der Waals surface area contributed by atoms with Crippen molar-refractivity contribution < 1.29 is 4.79 Å². The topological polar surface area (TPSA) is 64.2 Å². The molecule has 162 valence electrons. The Balaban J connectivity index is 1.63. The molecule has 5 heteroatoms. The average molecular weight is 409 g/mol. The lowest BCUT2D eigenvalue weighted by molar-refractivity contribution is -0.137. The molecule has 0 radical (unpaired) electrons. The van der Waals surface area contributed by atoms with Gasteiger partial charge in [0.05, 0.1) is 17.8 Å². The average Bonchev–Trinajstić information content (AvgIpc) is 3.19. The fourth-order valence-corrected chi connectivity index (χ4v) is 5.19. The third-order valence-electron chi connectivity index (χ3n) is 6.74. The molecule has 30 heavy (non-hydrogen) atoms. The predicted molar refractivity (Wildman–Crippen MR) is 121 cm³/mol. The maximum absolute atomic E-state index is 13.3. The lowest BCUT2D eigenvalue weighted by atomic mass is 9.84. The number of amides is 1. The van der Waals surface area contributed by atoms with Crippen LogP contribution in [0.25, 0.3) is 11.3 Å². The molecule has 1 fully saturated rings. The quantitative estimate of drug-likeness (QED) is 0.748. The van der Waals surface area contributed by atoms with Gasteiger partial charge in [0.1, 0.15) is 5.82 Å². The van der Waals surface area contributed by atoms with Crippen LogP contribution in [0.1, 0.15) is 70.7 Å². The molecule has 2 aromatic rings. The number of hydrogen-bond acceptors (Lipinski definition) is 3. The highest BCUT2D eigenvalue weighted by Gasteiger charge is 2.36. The minimum Gasteiger partial charge on any atom is -0.331 e. The Kier molecular flexibility index (Phi) is 6.57. The first-order valence-electron chi connectivity index (χ1n) is 11.7. The summed E-state index contributed by atoms with van der Waals surface area (Å²) >= 11 is 0. The summed E-state index contributed by atoms with van der Waals surface area (Å²) in [5.41, 5.74) is 8.47. The molecule has 4 rings (SSSR count). The number of fused-ring (bicyclic) bond motifs is 1. The van der Waals surface area contributed by atoms with E-state index >= 15 is 0 Å². The third kappa shape index (κ3) is 4.61. The van der Waals surface area contributed by atoms with E-state index in [2.05, 4.69) is 41.6 Å². The summed E-state index contributed by atoms with van der Waals surface area (Å²) in [4.78, 5) is 20.4. The Morgan fingerprint density at radius 3 is 2.57 bits per heavy atom. The number of nitrogens with zero attached hydrogens (tertiary/aromatic N) is 3. The van der Waals surface area contributed by atoms with E-state index in [1.807, 2.05) is 18.2 Å². The zero-order valence-corrected chi connectivity index (χ0v) is 18.5. The number of rotatable bonds is 6. The number of aromatic nitrogens is 2. The zero-order chi connectivity index (χ0) is 21.1. The van der Waals surface area contributed by atoms with E-state index < -0.39 is 6.04 Å². The minimum atomic E-state index is -0.422. The van der Waals surface area contributed by atoms with Crippen molar-refractivity contribution >= 4 is 5.91 Å². The lowest BCUT2D eigenvalue weighted by Crippen LogP contribution is -2.50. The van der Waals surface area contributed by atoms with Crippen LogP contribution in [0, 0.1) is 11.8 Å². The number of carbonyl (C=O) groups is 1. The SMILES string of the molecule is CC(C)C[C@H](N)C(=O)N1CCn2cc(-c3ccccc3)nc2[C@@H]1CC1CCCCC1. The summed E-state index contributed by atoms with van der Waals surface area (Å²) in [5, 5.41) is 0.